The molecule has 0 unspecified atom stereocenters. The molecule has 3 rings (SSSR count). The van der Waals surface area contributed by atoms with Gasteiger partial charge in [0, 0.05) is 56.0 Å². The van der Waals surface area contributed by atoms with E-state index in [0.29, 0.717) is 37.3 Å². The number of hydrogen-bond donors (Lipinski definition) is 0. The van der Waals surface area contributed by atoms with Crippen LogP contribution in [0, 0.1) is 0 Å². The normalized spacial score (nSPS) is 19.0. The maximum absolute atomic E-state index is 12.8. The third-order valence-corrected chi connectivity index (χ3v) is 4.86. The Labute approximate surface area is 130 Å². The first-order valence-corrected chi connectivity index (χ1v) is 8.27. The molecule has 0 N–H and O–H groups in total. The molecule has 22 heavy (non-hydrogen) atoms. The molecule has 2 aliphatic rings. The summed E-state index contributed by atoms with van der Waals surface area (Å²) >= 11 is 1.81. The van der Waals surface area contributed by atoms with Crippen molar-refractivity contribution >= 4 is 17.8 Å². The number of pyridine rings is 1. The van der Waals surface area contributed by atoms with Gasteiger partial charge in [-0.15, -0.1) is 0 Å². The van der Waals surface area contributed by atoms with Crippen molar-refractivity contribution in [2.45, 2.75) is 19.1 Å². The molecule has 0 spiro atoms. The summed E-state index contributed by atoms with van der Waals surface area (Å²) in [5.74, 6) is 1.83. The average molecular weight is 331 g/mol. The first-order chi connectivity index (χ1) is 10.4. The standard InChI is InChI=1S/C14H16F3N3OS/c15-14(16,17)11-7-10-9-20(2-1-12(10)18-8-11)13(21)19-3-5-22-6-4-19/h7-8H,1-6,9H2. The van der Waals surface area contributed by atoms with Crippen molar-refractivity contribution in [3.05, 3.63) is 29.1 Å². The molecule has 1 aromatic heterocycles. The van der Waals surface area contributed by atoms with Crippen LogP contribution in [0.2, 0.25) is 0 Å². The summed E-state index contributed by atoms with van der Waals surface area (Å²) in [7, 11) is 0. The molecular weight excluding hydrogens is 315 g/mol. The molecule has 8 heteroatoms. The molecule has 0 atom stereocenters. The van der Waals surface area contributed by atoms with Gasteiger partial charge < -0.3 is 9.80 Å². The van der Waals surface area contributed by atoms with Crippen molar-refractivity contribution in [3.8, 4) is 0 Å². The highest BCUT2D eigenvalue weighted by Crippen LogP contribution is 2.31. The van der Waals surface area contributed by atoms with E-state index in [9.17, 15) is 18.0 Å². The predicted octanol–water partition coefficient (Wildman–Crippen LogP) is 2.63. The van der Waals surface area contributed by atoms with Crippen LogP contribution < -0.4 is 0 Å². The average Bonchev–Trinajstić information content (AvgIpc) is 2.53. The minimum Gasteiger partial charge on any atom is -0.323 e. The number of urea groups is 1. The lowest BCUT2D eigenvalue weighted by Gasteiger charge is -2.35. The summed E-state index contributed by atoms with van der Waals surface area (Å²) in [6.45, 7) is 2.12. The molecule has 2 aliphatic heterocycles. The van der Waals surface area contributed by atoms with E-state index in [1.165, 1.54) is 0 Å². The highest BCUT2D eigenvalue weighted by Gasteiger charge is 2.33. The van der Waals surface area contributed by atoms with Crippen molar-refractivity contribution in [1.29, 1.82) is 0 Å². The Balaban J connectivity index is 1.76. The van der Waals surface area contributed by atoms with Crippen LogP contribution in [0.1, 0.15) is 16.8 Å². The fraction of sp³-hybridized carbons (Fsp3) is 0.571. The van der Waals surface area contributed by atoms with Crippen molar-refractivity contribution < 1.29 is 18.0 Å². The number of carbonyl (C=O) groups excluding carboxylic acids is 1. The van der Waals surface area contributed by atoms with Crippen LogP contribution in [0.3, 0.4) is 0 Å². The van der Waals surface area contributed by atoms with Gasteiger partial charge in [-0.05, 0) is 11.6 Å². The lowest BCUT2D eigenvalue weighted by Crippen LogP contribution is -2.48. The molecule has 1 aromatic rings. The van der Waals surface area contributed by atoms with E-state index >= 15 is 0 Å². The van der Waals surface area contributed by atoms with Gasteiger partial charge in [0.2, 0.25) is 0 Å². The third kappa shape index (κ3) is 3.16. The van der Waals surface area contributed by atoms with Gasteiger partial charge in [0.25, 0.3) is 0 Å². The second-order valence-corrected chi connectivity index (χ2v) is 6.61. The fourth-order valence-corrected chi connectivity index (χ4v) is 3.60. The second kappa shape index (κ2) is 5.98. The zero-order valence-corrected chi connectivity index (χ0v) is 12.7. The van der Waals surface area contributed by atoms with E-state index < -0.39 is 11.7 Å². The lowest BCUT2D eigenvalue weighted by atomic mass is 10.0. The van der Waals surface area contributed by atoms with Crippen molar-refractivity contribution in [2.75, 3.05) is 31.1 Å². The number of rotatable bonds is 0. The van der Waals surface area contributed by atoms with Crippen LogP contribution >= 0.6 is 11.8 Å². The highest BCUT2D eigenvalue weighted by atomic mass is 32.2. The molecule has 0 aromatic carbocycles. The maximum atomic E-state index is 12.8. The van der Waals surface area contributed by atoms with Crippen LogP contribution in [-0.2, 0) is 19.1 Å². The van der Waals surface area contributed by atoms with Crippen LogP contribution in [-0.4, -0.2) is 52.0 Å². The van der Waals surface area contributed by atoms with Gasteiger partial charge in [0.1, 0.15) is 0 Å². The number of aromatic nitrogens is 1. The van der Waals surface area contributed by atoms with Gasteiger partial charge in [-0.2, -0.15) is 24.9 Å². The molecule has 0 bridgehead atoms. The van der Waals surface area contributed by atoms with Crippen LogP contribution in [0.5, 0.6) is 0 Å². The van der Waals surface area contributed by atoms with Crippen molar-refractivity contribution in [3.63, 3.8) is 0 Å². The zero-order valence-electron chi connectivity index (χ0n) is 11.9. The van der Waals surface area contributed by atoms with Crippen molar-refractivity contribution in [1.82, 2.24) is 14.8 Å². The number of thioether (sulfide) groups is 1. The minimum atomic E-state index is -4.40. The van der Waals surface area contributed by atoms with Gasteiger partial charge in [-0.25, -0.2) is 4.79 Å². The third-order valence-electron chi connectivity index (χ3n) is 3.92. The van der Waals surface area contributed by atoms with Crippen molar-refractivity contribution in [2.24, 2.45) is 0 Å². The van der Waals surface area contributed by atoms with E-state index in [4.69, 9.17) is 0 Å². The second-order valence-electron chi connectivity index (χ2n) is 5.38. The smallest absolute Gasteiger partial charge is 0.323 e. The number of amides is 2. The number of nitrogens with zero attached hydrogens (tertiary/aromatic N) is 3. The molecule has 2 amide bonds. The number of hydrogen-bond acceptors (Lipinski definition) is 3. The monoisotopic (exact) mass is 331 g/mol. The molecule has 0 aliphatic carbocycles. The maximum Gasteiger partial charge on any atom is 0.417 e. The number of fused-ring (bicyclic) bond motifs is 1. The van der Waals surface area contributed by atoms with Crippen LogP contribution in [0.25, 0.3) is 0 Å². The van der Waals surface area contributed by atoms with Gasteiger partial charge >= 0.3 is 12.2 Å². The molecule has 120 valence electrons. The minimum absolute atomic E-state index is 0.0802. The SMILES string of the molecule is O=C(N1CCSCC1)N1CCc2ncc(C(F)(F)F)cc2C1. The topological polar surface area (TPSA) is 36.4 Å². The summed E-state index contributed by atoms with van der Waals surface area (Å²) in [5.41, 5.74) is 0.405. The Kier molecular flexibility index (Phi) is 4.20. The van der Waals surface area contributed by atoms with E-state index in [0.717, 1.165) is 23.8 Å². The summed E-state index contributed by atoms with van der Waals surface area (Å²) in [6.07, 6.45) is -3.03. The van der Waals surface area contributed by atoms with Gasteiger partial charge in [-0.1, -0.05) is 0 Å². The Morgan fingerprint density at radius 3 is 2.59 bits per heavy atom. The first-order valence-electron chi connectivity index (χ1n) is 7.12. The van der Waals surface area contributed by atoms with Crippen LogP contribution in [0.4, 0.5) is 18.0 Å². The molecule has 0 saturated carbocycles. The summed E-state index contributed by atoms with van der Waals surface area (Å²) in [4.78, 5) is 19.8. The lowest BCUT2D eigenvalue weighted by molar-refractivity contribution is -0.137. The summed E-state index contributed by atoms with van der Waals surface area (Å²) in [6, 6.07) is 1.04. The molecule has 1 fully saturated rings. The largest absolute Gasteiger partial charge is 0.417 e. The molecular formula is C14H16F3N3OS. The Morgan fingerprint density at radius 2 is 1.91 bits per heavy atom. The fourth-order valence-electron chi connectivity index (χ4n) is 2.70. The molecule has 4 nitrogen and oxygen atoms in total. The highest BCUT2D eigenvalue weighted by molar-refractivity contribution is 7.99. The molecule has 1 saturated heterocycles. The van der Waals surface area contributed by atoms with E-state index in [1.807, 2.05) is 11.8 Å². The quantitative estimate of drug-likeness (QED) is 0.733. The Bertz CT molecular complexity index is 573. The Hall–Kier alpha value is -1.44. The summed E-state index contributed by atoms with van der Waals surface area (Å²) in [5, 5.41) is 0. The van der Waals surface area contributed by atoms with Crippen LogP contribution in [0.15, 0.2) is 12.3 Å². The van der Waals surface area contributed by atoms with Gasteiger partial charge in [0.05, 0.1) is 5.56 Å². The molecule has 3 heterocycles. The van der Waals surface area contributed by atoms with E-state index in [-0.39, 0.29) is 12.6 Å². The zero-order chi connectivity index (χ0) is 15.7. The first kappa shape index (κ1) is 15.5. The number of halogens is 3. The number of carbonyl (C=O) groups is 1. The number of alkyl halides is 3. The van der Waals surface area contributed by atoms with Gasteiger partial charge in [-0.3, -0.25) is 4.98 Å². The van der Waals surface area contributed by atoms with Gasteiger partial charge in [0.15, 0.2) is 0 Å². The molecule has 0 radical (unpaired) electrons. The predicted molar refractivity (Wildman–Crippen MR) is 77.6 cm³/mol. The Morgan fingerprint density at radius 1 is 1.18 bits per heavy atom. The van der Waals surface area contributed by atoms with E-state index in [2.05, 4.69) is 4.98 Å². The van der Waals surface area contributed by atoms with E-state index in [1.54, 1.807) is 9.80 Å². The summed E-state index contributed by atoms with van der Waals surface area (Å²) < 4.78 is 38.3.